The molecule has 1 saturated heterocycles. The highest BCUT2D eigenvalue weighted by molar-refractivity contribution is 7.89. The van der Waals surface area contributed by atoms with Crippen LogP contribution in [-0.4, -0.2) is 68.5 Å². The summed E-state index contributed by atoms with van der Waals surface area (Å²) in [5.74, 6) is -0.126. The van der Waals surface area contributed by atoms with Gasteiger partial charge in [-0.05, 0) is 38.1 Å². The first kappa shape index (κ1) is 20.8. The molecule has 7 nitrogen and oxygen atoms in total. The molecule has 1 aliphatic heterocycles. The van der Waals surface area contributed by atoms with Gasteiger partial charge in [0.2, 0.25) is 15.9 Å². The maximum Gasteiger partial charge on any atom is 0.243 e. The Kier molecular flexibility index (Phi) is 6.79. The first-order chi connectivity index (χ1) is 12.2. The van der Waals surface area contributed by atoms with Crippen molar-refractivity contribution >= 4 is 21.6 Å². The minimum Gasteiger partial charge on any atom is -0.378 e. The van der Waals surface area contributed by atoms with E-state index >= 15 is 0 Å². The number of benzene rings is 1. The second-order valence-corrected chi connectivity index (χ2v) is 8.89. The van der Waals surface area contributed by atoms with Crippen molar-refractivity contribution < 1.29 is 17.9 Å². The van der Waals surface area contributed by atoms with Gasteiger partial charge in [-0.25, -0.2) is 8.42 Å². The van der Waals surface area contributed by atoms with E-state index in [1.54, 1.807) is 12.1 Å². The molecule has 1 fully saturated rings. The van der Waals surface area contributed by atoms with Gasteiger partial charge in [0.25, 0.3) is 0 Å². The molecule has 26 heavy (non-hydrogen) atoms. The molecule has 1 aromatic rings. The van der Waals surface area contributed by atoms with Gasteiger partial charge in [-0.15, -0.1) is 0 Å². The number of hydrogen-bond donors (Lipinski definition) is 1. The van der Waals surface area contributed by atoms with E-state index in [2.05, 4.69) is 10.2 Å². The summed E-state index contributed by atoms with van der Waals surface area (Å²) < 4.78 is 31.8. The fraction of sp³-hybridized carbons (Fsp3) is 0.611. The summed E-state index contributed by atoms with van der Waals surface area (Å²) in [5, 5.41) is 2.83. The van der Waals surface area contributed by atoms with Crippen molar-refractivity contribution in [2.24, 2.45) is 0 Å². The number of hydrogen-bond acceptors (Lipinski definition) is 5. The average Bonchev–Trinajstić information content (AvgIpc) is 2.58. The maximum absolute atomic E-state index is 12.5. The van der Waals surface area contributed by atoms with Crippen molar-refractivity contribution in [3.05, 3.63) is 24.3 Å². The normalized spacial score (nSPS) is 18.0. The van der Waals surface area contributed by atoms with Crippen LogP contribution in [0.25, 0.3) is 0 Å². The topological polar surface area (TPSA) is 79.0 Å². The third-order valence-corrected chi connectivity index (χ3v) is 6.70. The largest absolute Gasteiger partial charge is 0.378 e. The average molecular weight is 384 g/mol. The van der Waals surface area contributed by atoms with E-state index in [4.69, 9.17) is 4.74 Å². The Morgan fingerprint density at radius 2 is 1.85 bits per heavy atom. The molecule has 0 spiro atoms. The molecule has 1 heterocycles. The van der Waals surface area contributed by atoms with E-state index in [1.165, 1.54) is 16.4 Å². The quantitative estimate of drug-likeness (QED) is 0.776. The lowest BCUT2D eigenvalue weighted by molar-refractivity contribution is -0.122. The molecule has 0 radical (unpaired) electrons. The smallest absolute Gasteiger partial charge is 0.243 e. The fourth-order valence-electron chi connectivity index (χ4n) is 2.98. The molecule has 146 valence electrons. The Labute approximate surface area is 156 Å². The lowest BCUT2D eigenvalue weighted by atomic mass is 10.0. The number of nitrogens with zero attached hydrogens (tertiary/aromatic N) is 2. The molecule has 8 heteroatoms. The van der Waals surface area contributed by atoms with Crippen LogP contribution < -0.4 is 5.32 Å². The molecule has 0 bridgehead atoms. The molecule has 0 saturated carbocycles. The Hall–Kier alpha value is -1.48. The van der Waals surface area contributed by atoms with Gasteiger partial charge in [0, 0.05) is 30.9 Å². The predicted octanol–water partition coefficient (Wildman–Crippen LogP) is 1.77. The van der Waals surface area contributed by atoms with Crippen LogP contribution in [0.5, 0.6) is 0 Å². The highest BCUT2D eigenvalue weighted by Crippen LogP contribution is 2.20. The zero-order valence-corrected chi connectivity index (χ0v) is 16.8. The van der Waals surface area contributed by atoms with Crippen molar-refractivity contribution in [1.29, 1.82) is 0 Å². The number of anilines is 1. The predicted molar refractivity (Wildman–Crippen MR) is 102 cm³/mol. The summed E-state index contributed by atoms with van der Waals surface area (Å²) in [4.78, 5) is 14.6. The standard InChI is InChI=1S/C18H29N3O4S/c1-5-21(6-2)26(23,24)16-9-7-15(8-10-16)19-17(22)13-20-11-12-25-14-18(20,3)4/h7-10H,5-6,11-14H2,1-4H3,(H,19,22). The van der Waals surface area contributed by atoms with E-state index in [-0.39, 0.29) is 22.9 Å². The van der Waals surface area contributed by atoms with Crippen LogP contribution in [0.1, 0.15) is 27.7 Å². The first-order valence-corrected chi connectivity index (χ1v) is 10.4. The van der Waals surface area contributed by atoms with Crippen LogP contribution in [0, 0.1) is 0 Å². The summed E-state index contributed by atoms with van der Waals surface area (Å²) in [6.07, 6.45) is 0. The molecule has 0 unspecified atom stereocenters. The molecular formula is C18H29N3O4S. The van der Waals surface area contributed by atoms with Gasteiger partial charge < -0.3 is 10.1 Å². The Morgan fingerprint density at radius 1 is 1.23 bits per heavy atom. The third kappa shape index (κ3) is 4.82. The third-order valence-electron chi connectivity index (χ3n) is 4.63. The van der Waals surface area contributed by atoms with Crippen molar-refractivity contribution in [3.63, 3.8) is 0 Å². The summed E-state index contributed by atoms with van der Waals surface area (Å²) in [6.45, 7) is 10.8. The number of sulfonamides is 1. The van der Waals surface area contributed by atoms with Gasteiger partial charge in [-0.2, -0.15) is 4.31 Å². The zero-order chi connectivity index (χ0) is 19.4. The van der Waals surface area contributed by atoms with Gasteiger partial charge in [-0.1, -0.05) is 13.8 Å². The number of amides is 1. The molecule has 1 amide bonds. The van der Waals surface area contributed by atoms with E-state index in [1.807, 2.05) is 27.7 Å². The van der Waals surface area contributed by atoms with Crippen LogP contribution in [0.4, 0.5) is 5.69 Å². The van der Waals surface area contributed by atoms with E-state index in [0.717, 1.165) is 0 Å². The lowest BCUT2D eigenvalue weighted by Gasteiger charge is -2.41. The van der Waals surface area contributed by atoms with Gasteiger partial charge in [0.05, 0.1) is 24.7 Å². The van der Waals surface area contributed by atoms with Gasteiger partial charge in [-0.3, -0.25) is 9.69 Å². The summed E-state index contributed by atoms with van der Waals surface area (Å²) >= 11 is 0. The highest BCUT2D eigenvalue weighted by Gasteiger charge is 2.31. The lowest BCUT2D eigenvalue weighted by Crippen LogP contribution is -2.55. The van der Waals surface area contributed by atoms with Gasteiger partial charge in [0.1, 0.15) is 0 Å². The number of rotatable bonds is 7. The maximum atomic E-state index is 12.5. The molecular weight excluding hydrogens is 354 g/mol. The molecule has 1 aliphatic rings. The zero-order valence-electron chi connectivity index (χ0n) is 16.0. The van der Waals surface area contributed by atoms with Gasteiger partial charge in [0.15, 0.2) is 0 Å². The Balaban J connectivity index is 2.02. The van der Waals surface area contributed by atoms with Crippen molar-refractivity contribution in [2.45, 2.75) is 38.1 Å². The van der Waals surface area contributed by atoms with Crippen LogP contribution in [0.2, 0.25) is 0 Å². The second kappa shape index (κ2) is 8.47. The Bertz CT molecular complexity index is 712. The van der Waals surface area contributed by atoms with Crippen LogP contribution in [0.3, 0.4) is 0 Å². The monoisotopic (exact) mass is 383 g/mol. The van der Waals surface area contributed by atoms with Crippen LogP contribution >= 0.6 is 0 Å². The van der Waals surface area contributed by atoms with E-state index in [0.29, 0.717) is 38.5 Å². The summed E-state index contributed by atoms with van der Waals surface area (Å²) in [7, 11) is -3.49. The summed E-state index contributed by atoms with van der Waals surface area (Å²) in [6, 6.07) is 6.31. The fourth-order valence-corrected chi connectivity index (χ4v) is 4.44. The van der Waals surface area contributed by atoms with E-state index < -0.39 is 10.0 Å². The molecule has 0 atom stereocenters. The van der Waals surface area contributed by atoms with Crippen LogP contribution in [-0.2, 0) is 19.6 Å². The van der Waals surface area contributed by atoms with Crippen LogP contribution in [0.15, 0.2) is 29.2 Å². The molecule has 0 aliphatic carbocycles. The summed E-state index contributed by atoms with van der Waals surface area (Å²) in [5.41, 5.74) is 0.400. The number of morpholine rings is 1. The molecule has 1 N–H and O–H groups in total. The highest BCUT2D eigenvalue weighted by atomic mass is 32.2. The second-order valence-electron chi connectivity index (χ2n) is 6.95. The SMILES string of the molecule is CCN(CC)S(=O)(=O)c1ccc(NC(=O)CN2CCOCC2(C)C)cc1. The van der Waals surface area contributed by atoms with E-state index in [9.17, 15) is 13.2 Å². The first-order valence-electron chi connectivity index (χ1n) is 8.93. The Morgan fingerprint density at radius 3 is 2.38 bits per heavy atom. The van der Waals surface area contributed by atoms with Gasteiger partial charge >= 0.3 is 0 Å². The molecule has 1 aromatic carbocycles. The minimum absolute atomic E-state index is 0.126. The van der Waals surface area contributed by atoms with Crippen molar-refractivity contribution in [3.8, 4) is 0 Å². The molecule has 0 aromatic heterocycles. The number of ether oxygens (including phenoxy) is 1. The number of carbonyl (C=O) groups excluding carboxylic acids is 1. The number of carbonyl (C=O) groups is 1. The van der Waals surface area contributed by atoms with Crippen molar-refractivity contribution in [1.82, 2.24) is 9.21 Å². The number of nitrogens with one attached hydrogen (secondary N) is 1. The minimum atomic E-state index is -3.49. The molecule has 2 rings (SSSR count). The van der Waals surface area contributed by atoms with Crippen molar-refractivity contribution in [2.75, 3.05) is 44.7 Å².